The lowest BCUT2D eigenvalue weighted by Gasteiger charge is -2.50. The van der Waals surface area contributed by atoms with E-state index in [1.165, 1.54) is 23.8 Å². The molecule has 0 bridgehead atoms. The smallest absolute Gasteiger partial charge is 0.276 e. The van der Waals surface area contributed by atoms with Crippen molar-refractivity contribution in [3.8, 4) is 0 Å². The minimum atomic E-state index is -1.43. The number of nitrogen functional groups attached to an aromatic ring is 1. The van der Waals surface area contributed by atoms with Crippen molar-refractivity contribution >= 4 is 73.8 Å². The Morgan fingerprint density at radius 3 is 2.89 bits per heavy atom. The summed E-state index contributed by atoms with van der Waals surface area (Å²) in [6, 6.07) is 1.02. The number of hydrogen-bond acceptors (Lipinski definition) is 11. The molecule has 1 saturated heterocycles. The summed E-state index contributed by atoms with van der Waals surface area (Å²) in [6.07, 6.45) is 3.81. The van der Waals surface area contributed by atoms with Gasteiger partial charge < -0.3 is 25.8 Å². The molecule has 3 aromatic heterocycles. The molecule has 3 N–H and O–H groups in total. The van der Waals surface area contributed by atoms with E-state index >= 15 is 0 Å². The summed E-state index contributed by atoms with van der Waals surface area (Å²) in [6.45, 7) is 0.297. The Bertz CT molecular complexity index is 1410. The van der Waals surface area contributed by atoms with Gasteiger partial charge in [-0.25, -0.2) is 9.55 Å². The van der Waals surface area contributed by atoms with Gasteiger partial charge >= 0.3 is 0 Å². The SMILES string of the molecule is CO/N=C(/C(=O)NC1C(=O)N2C(C(=O)[O-])=C(C[n+]3ccc4cscc4c3)CSC12)c1csc(N)n1. The molecule has 2 aliphatic rings. The summed E-state index contributed by atoms with van der Waals surface area (Å²) in [7, 11) is 1.28. The zero-order chi connectivity index (χ0) is 24.7. The molecule has 5 rings (SSSR count). The molecule has 3 aromatic rings. The number of thiophene rings is 1. The maximum Gasteiger partial charge on any atom is 0.276 e. The number of oxime groups is 1. The molecule has 0 aliphatic carbocycles. The Balaban J connectivity index is 1.36. The zero-order valence-corrected chi connectivity index (χ0v) is 20.6. The van der Waals surface area contributed by atoms with E-state index < -0.39 is 29.2 Å². The highest BCUT2D eigenvalue weighted by molar-refractivity contribution is 8.00. The second-order valence-corrected chi connectivity index (χ2v) is 10.4. The van der Waals surface area contributed by atoms with Crippen LogP contribution in [0.15, 0.2) is 51.0 Å². The second kappa shape index (κ2) is 9.28. The van der Waals surface area contributed by atoms with Crippen molar-refractivity contribution in [1.82, 2.24) is 15.2 Å². The van der Waals surface area contributed by atoms with Crippen LogP contribution in [-0.4, -0.2) is 57.7 Å². The number of thiazole rings is 1. The molecule has 1 fully saturated rings. The highest BCUT2D eigenvalue weighted by Gasteiger charge is 2.53. The summed E-state index contributed by atoms with van der Waals surface area (Å²) >= 11 is 4.09. The fraction of sp³-hybridized carbons (Fsp3) is 0.238. The average molecular weight is 531 g/mol. The first-order chi connectivity index (χ1) is 16.9. The third kappa shape index (κ3) is 4.24. The number of pyridine rings is 1. The monoisotopic (exact) mass is 530 g/mol. The lowest BCUT2D eigenvalue weighted by Crippen LogP contribution is -2.71. The summed E-state index contributed by atoms with van der Waals surface area (Å²) in [4.78, 5) is 47.8. The molecule has 11 nitrogen and oxygen atoms in total. The van der Waals surface area contributed by atoms with Crippen molar-refractivity contribution in [3.63, 3.8) is 0 Å². The molecular formula is C21H18N6O5S3. The number of carbonyl (C=O) groups excluding carboxylic acids is 3. The van der Waals surface area contributed by atoms with Crippen molar-refractivity contribution in [3.05, 3.63) is 51.6 Å². The number of hydrogen-bond donors (Lipinski definition) is 2. The first-order valence-electron chi connectivity index (χ1n) is 10.2. The number of carboxylic acids is 1. The van der Waals surface area contributed by atoms with Gasteiger partial charge in [0, 0.05) is 33.5 Å². The van der Waals surface area contributed by atoms with Crippen molar-refractivity contribution in [2.75, 3.05) is 18.6 Å². The number of aromatic nitrogens is 2. The zero-order valence-electron chi connectivity index (χ0n) is 18.2. The van der Waals surface area contributed by atoms with Gasteiger partial charge in [-0.2, -0.15) is 11.3 Å². The summed E-state index contributed by atoms with van der Waals surface area (Å²) in [5.74, 6) is -2.29. The van der Waals surface area contributed by atoms with E-state index in [2.05, 4.69) is 15.5 Å². The van der Waals surface area contributed by atoms with Gasteiger partial charge in [-0.15, -0.1) is 23.1 Å². The molecular weight excluding hydrogens is 512 g/mol. The number of β-lactam (4-membered cyclic amide) rings is 1. The van der Waals surface area contributed by atoms with E-state index in [9.17, 15) is 19.5 Å². The molecule has 2 unspecified atom stereocenters. The van der Waals surface area contributed by atoms with Gasteiger partial charge in [0.25, 0.3) is 11.8 Å². The van der Waals surface area contributed by atoms with Gasteiger partial charge in [0.1, 0.15) is 24.2 Å². The first kappa shape index (κ1) is 23.3. The van der Waals surface area contributed by atoms with Crippen LogP contribution in [0, 0.1) is 0 Å². The topological polar surface area (TPSA) is 154 Å². The van der Waals surface area contributed by atoms with Crippen LogP contribution in [0.25, 0.3) is 10.8 Å². The average Bonchev–Trinajstić information content (AvgIpc) is 3.48. The number of nitrogens with zero attached hydrogens (tertiary/aromatic N) is 4. The molecule has 180 valence electrons. The predicted octanol–water partition coefficient (Wildman–Crippen LogP) is -0.318. The summed E-state index contributed by atoms with van der Waals surface area (Å²) in [5.41, 5.74) is 6.13. The number of fused-ring (bicyclic) bond motifs is 2. The van der Waals surface area contributed by atoms with Gasteiger partial charge in [-0.1, -0.05) is 5.16 Å². The second-order valence-electron chi connectivity index (χ2n) is 7.69. The third-order valence-corrected chi connectivity index (χ3v) is 8.33. The minimum absolute atomic E-state index is 0.135. The van der Waals surface area contributed by atoms with Gasteiger partial charge in [-0.3, -0.25) is 14.5 Å². The molecule has 5 heterocycles. The van der Waals surface area contributed by atoms with Crippen molar-refractivity contribution in [1.29, 1.82) is 0 Å². The molecule has 0 spiro atoms. The first-order valence-corrected chi connectivity index (χ1v) is 13.1. The molecule has 2 amide bonds. The van der Waals surface area contributed by atoms with E-state index in [4.69, 9.17) is 10.6 Å². The number of rotatable bonds is 7. The number of thioether (sulfide) groups is 1. The Hall–Kier alpha value is -3.49. The number of amides is 2. The molecule has 0 radical (unpaired) electrons. The van der Waals surface area contributed by atoms with Crippen LogP contribution in [0.3, 0.4) is 0 Å². The standard InChI is InChI=1S/C21H18N6O5S3/c1-32-25-14(13-9-35-21(22)23-13)17(28)24-15-18(29)27-16(20(30)31)12(8-34-19(15)27)5-26-3-2-10-6-33-7-11(10)4-26/h2-4,6-7,9,15,19H,5,8H2,1H3,(H3-,22,23,24,28,30,31)/b25-14+. The Morgan fingerprint density at radius 1 is 1.37 bits per heavy atom. The number of nitrogens with two attached hydrogens (primary N) is 1. The van der Waals surface area contributed by atoms with E-state index in [1.807, 2.05) is 33.8 Å². The number of aliphatic carboxylic acids is 1. The lowest BCUT2D eigenvalue weighted by atomic mass is 10.0. The quantitative estimate of drug-likeness (QED) is 0.182. The van der Waals surface area contributed by atoms with E-state index in [0.29, 0.717) is 17.9 Å². The predicted molar refractivity (Wildman–Crippen MR) is 129 cm³/mol. The number of carbonyl (C=O) groups is 3. The van der Waals surface area contributed by atoms with Gasteiger partial charge in [-0.05, 0) is 5.38 Å². The Labute approximate surface area is 210 Å². The minimum Gasteiger partial charge on any atom is -0.543 e. The normalized spacial score (nSPS) is 20.0. The molecule has 35 heavy (non-hydrogen) atoms. The highest BCUT2D eigenvalue weighted by atomic mass is 32.2. The molecule has 14 heteroatoms. The van der Waals surface area contributed by atoms with Crippen molar-refractivity contribution < 1.29 is 28.9 Å². The van der Waals surface area contributed by atoms with Gasteiger partial charge in [0.05, 0.1) is 17.1 Å². The van der Waals surface area contributed by atoms with E-state index in [-0.39, 0.29) is 22.2 Å². The maximum atomic E-state index is 13.0. The lowest BCUT2D eigenvalue weighted by molar-refractivity contribution is -0.687. The third-order valence-electron chi connectivity index (χ3n) is 5.54. The Kier molecular flexibility index (Phi) is 6.17. The van der Waals surface area contributed by atoms with Crippen LogP contribution in [0.4, 0.5) is 5.13 Å². The summed E-state index contributed by atoms with van der Waals surface area (Å²) < 4.78 is 1.88. The molecule has 0 aromatic carbocycles. The van der Waals surface area contributed by atoms with Crippen LogP contribution in [0.5, 0.6) is 0 Å². The van der Waals surface area contributed by atoms with E-state index in [1.54, 1.807) is 16.7 Å². The van der Waals surface area contributed by atoms with Crippen LogP contribution in [0.2, 0.25) is 0 Å². The number of nitrogens with one attached hydrogen (secondary N) is 1. The molecule has 2 atom stereocenters. The van der Waals surface area contributed by atoms with Crippen molar-refractivity contribution in [2.45, 2.75) is 18.0 Å². The van der Waals surface area contributed by atoms with Crippen LogP contribution in [-0.2, 0) is 25.8 Å². The van der Waals surface area contributed by atoms with E-state index in [0.717, 1.165) is 22.1 Å². The number of carboxylic acid groups (broad SMARTS) is 1. The van der Waals surface area contributed by atoms with Crippen LogP contribution < -0.4 is 20.7 Å². The fourth-order valence-corrected chi connectivity index (χ4v) is 6.62. The summed E-state index contributed by atoms with van der Waals surface area (Å²) in [5, 5.41) is 25.8. The van der Waals surface area contributed by atoms with Gasteiger partial charge in [0.15, 0.2) is 29.8 Å². The Morgan fingerprint density at radius 2 is 2.17 bits per heavy atom. The highest BCUT2D eigenvalue weighted by Crippen LogP contribution is 2.40. The maximum absolute atomic E-state index is 13.0. The van der Waals surface area contributed by atoms with Crippen LogP contribution >= 0.6 is 34.4 Å². The largest absolute Gasteiger partial charge is 0.543 e. The van der Waals surface area contributed by atoms with Crippen molar-refractivity contribution in [2.24, 2.45) is 5.16 Å². The molecule has 0 saturated carbocycles. The molecule has 2 aliphatic heterocycles. The van der Waals surface area contributed by atoms with Crippen LogP contribution in [0.1, 0.15) is 5.69 Å². The fourth-order valence-electron chi connectivity index (χ4n) is 3.97. The number of anilines is 1. The van der Waals surface area contributed by atoms with Gasteiger partial charge in [0.2, 0.25) is 0 Å².